The lowest BCUT2D eigenvalue weighted by Crippen LogP contribution is -2.24. The van der Waals surface area contributed by atoms with Gasteiger partial charge < -0.3 is 4.74 Å². The highest BCUT2D eigenvalue weighted by atomic mass is 79.9. The van der Waals surface area contributed by atoms with E-state index in [0.717, 1.165) is 23.3 Å². The normalized spacial score (nSPS) is 13.2. The van der Waals surface area contributed by atoms with Crippen molar-refractivity contribution in [3.63, 3.8) is 0 Å². The summed E-state index contributed by atoms with van der Waals surface area (Å²) < 4.78 is 8.09. The van der Waals surface area contributed by atoms with Crippen molar-refractivity contribution >= 4 is 43.5 Å². The Morgan fingerprint density at radius 1 is 1.40 bits per heavy atom. The molecule has 0 saturated heterocycles. The highest BCUT2D eigenvalue weighted by Gasteiger charge is 2.18. The van der Waals surface area contributed by atoms with Crippen molar-refractivity contribution < 1.29 is 4.74 Å². The number of rotatable bonds is 2. The van der Waals surface area contributed by atoms with Crippen molar-refractivity contribution in [2.75, 3.05) is 6.61 Å². The van der Waals surface area contributed by atoms with E-state index in [9.17, 15) is 4.79 Å². The predicted molar refractivity (Wildman–Crippen MR) is 83.7 cm³/mol. The van der Waals surface area contributed by atoms with Crippen LogP contribution in [0.15, 0.2) is 32.1 Å². The molecule has 7 heteroatoms. The minimum atomic E-state index is -0.203. The first kappa shape index (κ1) is 14.1. The molecular formula is C13H9Br2ClN2O2. The van der Waals surface area contributed by atoms with Crippen LogP contribution in [0.3, 0.4) is 0 Å². The average Bonchev–Trinajstić information content (AvgIpc) is 2.87. The maximum atomic E-state index is 12.1. The number of ether oxygens (including phenoxy) is 1. The van der Waals surface area contributed by atoms with E-state index in [0.29, 0.717) is 27.1 Å². The Morgan fingerprint density at radius 2 is 2.20 bits per heavy atom. The standard InChI is InChI=1S/C13H9Br2ClN2O2/c14-10-5-17-18(13(19)11(10)15)6-8-4-9(16)3-7-1-2-20-12(7)8/h3-5H,1-2,6H2. The molecule has 0 unspecified atom stereocenters. The number of fused-ring (bicyclic) bond motifs is 1. The Kier molecular flexibility index (Phi) is 3.88. The first-order chi connectivity index (χ1) is 9.56. The van der Waals surface area contributed by atoms with Gasteiger partial charge in [-0.1, -0.05) is 11.6 Å². The van der Waals surface area contributed by atoms with Crippen LogP contribution in [0.1, 0.15) is 11.1 Å². The van der Waals surface area contributed by atoms with Gasteiger partial charge in [-0.25, -0.2) is 4.68 Å². The highest BCUT2D eigenvalue weighted by molar-refractivity contribution is 9.13. The molecule has 4 nitrogen and oxygen atoms in total. The summed E-state index contributed by atoms with van der Waals surface area (Å²) in [6.45, 7) is 0.975. The second kappa shape index (κ2) is 5.50. The summed E-state index contributed by atoms with van der Waals surface area (Å²) in [5.41, 5.74) is 1.75. The molecule has 0 saturated carbocycles. The fourth-order valence-electron chi connectivity index (χ4n) is 2.18. The van der Waals surface area contributed by atoms with Gasteiger partial charge in [-0.05, 0) is 49.6 Å². The third-order valence-corrected chi connectivity index (χ3v) is 5.21. The summed E-state index contributed by atoms with van der Waals surface area (Å²) in [4.78, 5) is 12.1. The molecule has 0 fully saturated rings. The van der Waals surface area contributed by atoms with Gasteiger partial charge in [0.05, 0.1) is 23.8 Å². The van der Waals surface area contributed by atoms with E-state index in [1.807, 2.05) is 12.1 Å². The SMILES string of the molecule is O=c1c(Br)c(Br)cnn1Cc1cc(Cl)cc2c1OCC2. The molecule has 0 aliphatic carbocycles. The summed E-state index contributed by atoms with van der Waals surface area (Å²) in [6.07, 6.45) is 2.42. The first-order valence-corrected chi connectivity index (χ1v) is 7.88. The van der Waals surface area contributed by atoms with Crippen LogP contribution in [0.5, 0.6) is 5.75 Å². The fraction of sp³-hybridized carbons (Fsp3) is 0.231. The van der Waals surface area contributed by atoms with Crippen molar-refractivity contribution in [2.45, 2.75) is 13.0 Å². The highest BCUT2D eigenvalue weighted by Crippen LogP contribution is 2.33. The number of hydrogen-bond donors (Lipinski definition) is 0. The molecule has 2 heterocycles. The van der Waals surface area contributed by atoms with Gasteiger partial charge in [0.15, 0.2) is 0 Å². The third kappa shape index (κ3) is 2.52. The molecule has 0 bridgehead atoms. The number of benzene rings is 1. The monoisotopic (exact) mass is 418 g/mol. The van der Waals surface area contributed by atoms with Gasteiger partial charge in [0, 0.05) is 17.0 Å². The summed E-state index contributed by atoms with van der Waals surface area (Å²) in [5.74, 6) is 0.821. The van der Waals surface area contributed by atoms with E-state index in [4.69, 9.17) is 16.3 Å². The number of hydrogen-bond acceptors (Lipinski definition) is 3. The summed E-state index contributed by atoms with van der Waals surface area (Å²) in [6, 6.07) is 3.72. The topological polar surface area (TPSA) is 44.1 Å². The second-order valence-corrected chi connectivity index (χ2v) is 6.50. The molecule has 0 amide bonds. The minimum Gasteiger partial charge on any atom is -0.493 e. The van der Waals surface area contributed by atoms with Gasteiger partial charge in [-0.3, -0.25) is 4.79 Å². The first-order valence-electron chi connectivity index (χ1n) is 5.91. The van der Waals surface area contributed by atoms with Crippen LogP contribution < -0.4 is 10.3 Å². The van der Waals surface area contributed by atoms with Crippen molar-refractivity contribution in [2.24, 2.45) is 0 Å². The van der Waals surface area contributed by atoms with Gasteiger partial charge in [0.1, 0.15) is 10.2 Å². The molecule has 1 aliphatic rings. The van der Waals surface area contributed by atoms with E-state index in [-0.39, 0.29) is 5.56 Å². The number of nitrogens with zero attached hydrogens (tertiary/aromatic N) is 2. The van der Waals surface area contributed by atoms with Crippen LogP contribution in [-0.2, 0) is 13.0 Å². The molecule has 20 heavy (non-hydrogen) atoms. The zero-order valence-electron chi connectivity index (χ0n) is 10.2. The molecule has 104 valence electrons. The second-order valence-electron chi connectivity index (χ2n) is 4.42. The van der Waals surface area contributed by atoms with Crippen LogP contribution >= 0.6 is 43.5 Å². The third-order valence-electron chi connectivity index (χ3n) is 3.09. The lowest BCUT2D eigenvalue weighted by molar-refractivity contribution is 0.352. The Balaban J connectivity index is 2.05. The van der Waals surface area contributed by atoms with E-state index >= 15 is 0 Å². The van der Waals surface area contributed by atoms with E-state index in [1.54, 1.807) is 6.20 Å². The van der Waals surface area contributed by atoms with Gasteiger partial charge in [0.2, 0.25) is 0 Å². The zero-order valence-corrected chi connectivity index (χ0v) is 14.1. The van der Waals surface area contributed by atoms with Gasteiger partial charge >= 0.3 is 0 Å². The molecule has 0 spiro atoms. The summed E-state index contributed by atoms with van der Waals surface area (Å²) >= 11 is 12.6. The predicted octanol–water partition coefficient (Wildman–Crippen LogP) is 3.40. The van der Waals surface area contributed by atoms with Crippen LogP contribution in [-0.4, -0.2) is 16.4 Å². The maximum Gasteiger partial charge on any atom is 0.282 e. The molecular weight excluding hydrogens is 411 g/mol. The fourth-order valence-corrected chi connectivity index (χ4v) is 3.01. The van der Waals surface area contributed by atoms with E-state index in [1.165, 1.54) is 4.68 Å². The van der Waals surface area contributed by atoms with Crippen molar-refractivity contribution in [3.05, 3.63) is 53.8 Å². The van der Waals surface area contributed by atoms with Gasteiger partial charge in [-0.15, -0.1) is 0 Å². The molecule has 2 aromatic rings. The Bertz CT molecular complexity index is 746. The molecule has 0 radical (unpaired) electrons. The maximum absolute atomic E-state index is 12.1. The molecule has 1 aromatic carbocycles. The average molecular weight is 420 g/mol. The van der Waals surface area contributed by atoms with Crippen LogP contribution in [0.4, 0.5) is 0 Å². The van der Waals surface area contributed by atoms with E-state index in [2.05, 4.69) is 37.0 Å². The molecule has 0 N–H and O–H groups in total. The largest absolute Gasteiger partial charge is 0.493 e. The van der Waals surface area contributed by atoms with Gasteiger partial charge in [0.25, 0.3) is 5.56 Å². The van der Waals surface area contributed by atoms with Crippen LogP contribution in [0.25, 0.3) is 0 Å². The molecule has 3 rings (SSSR count). The van der Waals surface area contributed by atoms with Crippen LogP contribution in [0.2, 0.25) is 5.02 Å². The van der Waals surface area contributed by atoms with Crippen molar-refractivity contribution in [3.8, 4) is 5.75 Å². The summed E-state index contributed by atoms with van der Waals surface area (Å²) in [7, 11) is 0. The van der Waals surface area contributed by atoms with Crippen LogP contribution in [0, 0.1) is 0 Å². The Hall–Kier alpha value is -0.850. The minimum absolute atomic E-state index is 0.203. The Labute approximate surface area is 137 Å². The van der Waals surface area contributed by atoms with Gasteiger partial charge in [-0.2, -0.15) is 5.10 Å². The number of aromatic nitrogens is 2. The van der Waals surface area contributed by atoms with Crippen molar-refractivity contribution in [1.82, 2.24) is 9.78 Å². The van der Waals surface area contributed by atoms with E-state index < -0.39 is 0 Å². The lowest BCUT2D eigenvalue weighted by Gasteiger charge is -2.10. The van der Waals surface area contributed by atoms with Crippen molar-refractivity contribution in [1.29, 1.82) is 0 Å². The number of halogens is 3. The molecule has 0 atom stereocenters. The summed E-state index contributed by atoms with van der Waals surface area (Å²) in [5, 5.41) is 4.76. The molecule has 1 aliphatic heterocycles. The lowest BCUT2D eigenvalue weighted by atomic mass is 10.1. The smallest absolute Gasteiger partial charge is 0.282 e. The molecule has 1 aromatic heterocycles. The Morgan fingerprint density at radius 3 is 3.00 bits per heavy atom. The zero-order chi connectivity index (χ0) is 14.3. The quantitative estimate of drug-likeness (QED) is 0.748.